The fraction of sp³-hybridized carbons (Fsp3) is 0.462. The van der Waals surface area contributed by atoms with E-state index in [0.29, 0.717) is 17.9 Å². The molecule has 1 atom stereocenters. The van der Waals surface area contributed by atoms with Crippen LogP contribution in [0.15, 0.2) is 29.4 Å². The number of azide groups is 1. The molecule has 1 aromatic carbocycles. The molecule has 0 aliphatic rings. The zero-order valence-corrected chi connectivity index (χ0v) is 11.5. The fourth-order valence-electron chi connectivity index (χ4n) is 1.66. The molecule has 0 saturated heterocycles. The van der Waals surface area contributed by atoms with Crippen LogP contribution in [0.1, 0.15) is 25.5 Å². The van der Waals surface area contributed by atoms with Crippen LogP contribution in [0.2, 0.25) is 0 Å². The summed E-state index contributed by atoms with van der Waals surface area (Å²) in [7, 11) is 0. The molecule has 1 unspecified atom stereocenters. The Kier molecular flexibility index (Phi) is 6.36. The van der Waals surface area contributed by atoms with Crippen LogP contribution in [0.3, 0.4) is 0 Å². The zero-order chi connectivity index (χ0) is 15.0. The summed E-state index contributed by atoms with van der Waals surface area (Å²) in [4.78, 5) is 13.8. The minimum atomic E-state index is -0.983. The number of benzene rings is 1. The first-order valence-electron chi connectivity index (χ1n) is 6.28. The Hall–Kier alpha value is -2.24. The number of hydrogen-bond acceptors (Lipinski definition) is 4. The van der Waals surface area contributed by atoms with Gasteiger partial charge >= 0.3 is 5.97 Å². The number of nitrogens with zero attached hydrogens (tertiary/aromatic N) is 3. The fourth-order valence-corrected chi connectivity index (χ4v) is 1.66. The monoisotopic (exact) mass is 278 g/mol. The topological polar surface area (TPSA) is 107 Å². The Balaban J connectivity index is 2.71. The van der Waals surface area contributed by atoms with E-state index >= 15 is 0 Å². The van der Waals surface area contributed by atoms with Gasteiger partial charge in [-0.15, -0.1) is 0 Å². The second kappa shape index (κ2) is 8.04. The van der Waals surface area contributed by atoms with Crippen molar-refractivity contribution in [1.82, 2.24) is 5.32 Å². The van der Waals surface area contributed by atoms with Crippen molar-refractivity contribution >= 4 is 5.97 Å². The Bertz CT molecular complexity index is 481. The maximum atomic E-state index is 11.2. The predicted octanol–water partition coefficient (Wildman–Crippen LogP) is 2.50. The van der Waals surface area contributed by atoms with Gasteiger partial charge in [0.1, 0.15) is 11.8 Å². The van der Waals surface area contributed by atoms with Gasteiger partial charge in [0.15, 0.2) is 0 Å². The first-order valence-corrected chi connectivity index (χ1v) is 6.28. The number of nitrogens with one attached hydrogen (secondary N) is 1. The third-order valence-electron chi connectivity index (χ3n) is 2.46. The van der Waals surface area contributed by atoms with Gasteiger partial charge in [0.05, 0.1) is 6.10 Å². The Morgan fingerprint density at radius 3 is 2.60 bits per heavy atom. The van der Waals surface area contributed by atoms with Gasteiger partial charge in [0.2, 0.25) is 0 Å². The second-order valence-electron chi connectivity index (χ2n) is 4.42. The summed E-state index contributed by atoms with van der Waals surface area (Å²) >= 11 is 0. The molecule has 0 radical (unpaired) electrons. The molecule has 1 rings (SSSR count). The normalized spacial score (nSPS) is 11.8. The Labute approximate surface area is 117 Å². The van der Waals surface area contributed by atoms with Crippen molar-refractivity contribution in [2.45, 2.75) is 26.0 Å². The van der Waals surface area contributed by atoms with Gasteiger partial charge in [-0.1, -0.05) is 17.2 Å². The number of aliphatic carboxylic acids is 1. The molecule has 0 amide bonds. The lowest BCUT2D eigenvalue weighted by Gasteiger charge is -2.15. The van der Waals surface area contributed by atoms with E-state index in [2.05, 4.69) is 15.3 Å². The Morgan fingerprint density at radius 1 is 1.45 bits per heavy atom. The van der Waals surface area contributed by atoms with Crippen LogP contribution < -0.4 is 10.1 Å². The number of carbonyl (C=O) groups is 1. The van der Waals surface area contributed by atoms with Gasteiger partial charge in [0.25, 0.3) is 0 Å². The van der Waals surface area contributed by atoms with Crippen LogP contribution in [-0.2, 0) is 4.79 Å². The summed E-state index contributed by atoms with van der Waals surface area (Å²) in [5.74, 6) is -0.287. The van der Waals surface area contributed by atoms with Crippen molar-refractivity contribution in [3.8, 4) is 5.75 Å². The number of carboxylic acid groups (broad SMARTS) is 1. The molecule has 7 heteroatoms. The zero-order valence-electron chi connectivity index (χ0n) is 11.5. The highest BCUT2D eigenvalue weighted by Gasteiger charge is 2.18. The molecule has 0 heterocycles. The highest BCUT2D eigenvalue weighted by Crippen LogP contribution is 2.19. The van der Waals surface area contributed by atoms with Crippen LogP contribution >= 0.6 is 0 Å². The van der Waals surface area contributed by atoms with Gasteiger partial charge in [-0.25, -0.2) is 0 Å². The van der Waals surface area contributed by atoms with Gasteiger partial charge in [-0.2, -0.15) is 0 Å². The van der Waals surface area contributed by atoms with E-state index in [1.165, 1.54) is 0 Å². The quantitative estimate of drug-likeness (QED) is 0.329. The maximum Gasteiger partial charge on any atom is 0.325 e. The molecule has 0 fully saturated rings. The number of hydrogen-bond donors (Lipinski definition) is 2. The summed E-state index contributed by atoms with van der Waals surface area (Å²) in [6.45, 7) is 4.34. The van der Waals surface area contributed by atoms with E-state index in [1.54, 1.807) is 24.3 Å². The van der Waals surface area contributed by atoms with Crippen LogP contribution in [0.5, 0.6) is 5.75 Å². The molecule has 1 aromatic rings. The van der Waals surface area contributed by atoms with Crippen LogP contribution in [0, 0.1) is 0 Å². The van der Waals surface area contributed by atoms with Crippen LogP contribution in [0.25, 0.3) is 10.4 Å². The summed E-state index contributed by atoms with van der Waals surface area (Å²) < 4.78 is 5.50. The standard InChI is InChI=1S/C13H18N4O3/c1-9(2)20-11-5-3-10(4-6-11)12(13(18)19)15-7-8-16-17-14/h3-6,9,12,15H,7-8H2,1-2H3,(H,18,19). The number of ether oxygens (including phenoxy) is 1. The van der Waals surface area contributed by atoms with E-state index in [-0.39, 0.29) is 12.6 Å². The second-order valence-corrected chi connectivity index (χ2v) is 4.42. The van der Waals surface area contributed by atoms with Crippen molar-refractivity contribution in [2.75, 3.05) is 13.1 Å². The van der Waals surface area contributed by atoms with Crippen LogP contribution in [0.4, 0.5) is 0 Å². The molecule has 0 aliphatic heterocycles. The van der Waals surface area contributed by atoms with Crippen molar-refractivity contribution < 1.29 is 14.6 Å². The number of carboxylic acids is 1. The van der Waals surface area contributed by atoms with Crippen molar-refractivity contribution in [1.29, 1.82) is 0 Å². The molecule has 7 nitrogen and oxygen atoms in total. The molecule has 0 saturated carbocycles. The van der Waals surface area contributed by atoms with E-state index in [9.17, 15) is 9.90 Å². The van der Waals surface area contributed by atoms with E-state index in [0.717, 1.165) is 0 Å². The molecule has 0 bridgehead atoms. The SMILES string of the molecule is CC(C)Oc1ccc(C(NCCN=[N+]=[N-])C(=O)O)cc1. The molecule has 0 aromatic heterocycles. The average molecular weight is 278 g/mol. The Morgan fingerprint density at radius 2 is 2.10 bits per heavy atom. The van der Waals surface area contributed by atoms with Gasteiger partial charge in [0, 0.05) is 18.0 Å². The van der Waals surface area contributed by atoms with Crippen molar-refractivity contribution in [3.05, 3.63) is 40.3 Å². The first kappa shape index (κ1) is 15.8. The maximum absolute atomic E-state index is 11.2. The van der Waals surface area contributed by atoms with Gasteiger partial charge < -0.3 is 15.2 Å². The molecule has 20 heavy (non-hydrogen) atoms. The lowest BCUT2D eigenvalue weighted by molar-refractivity contribution is -0.139. The molecular formula is C13H18N4O3. The molecular weight excluding hydrogens is 260 g/mol. The minimum Gasteiger partial charge on any atom is -0.491 e. The summed E-state index contributed by atoms with van der Waals surface area (Å²) in [6.07, 6.45) is 0.0677. The summed E-state index contributed by atoms with van der Waals surface area (Å²) in [5.41, 5.74) is 8.78. The van der Waals surface area contributed by atoms with Gasteiger partial charge in [-0.05, 0) is 37.1 Å². The number of rotatable bonds is 8. The molecule has 0 spiro atoms. The van der Waals surface area contributed by atoms with Gasteiger partial charge in [-0.3, -0.25) is 4.79 Å². The predicted molar refractivity (Wildman–Crippen MR) is 74.6 cm³/mol. The smallest absolute Gasteiger partial charge is 0.325 e. The largest absolute Gasteiger partial charge is 0.491 e. The van der Waals surface area contributed by atoms with Crippen LogP contribution in [-0.4, -0.2) is 30.3 Å². The summed E-state index contributed by atoms with van der Waals surface area (Å²) in [6, 6.07) is 6.05. The average Bonchev–Trinajstić information content (AvgIpc) is 2.39. The highest BCUT2D eigenvalue weighted by molar-refractivity contribution is 5.75. The third kappa shape index (κ3) is 5.17. The summed E-state index contributed by atoms with van der Waals surface area (Å²) in [5, 5.41) is 15.4. The van der Waals surface area contributed by atoms with Crippen molar-refractivity contribution in [3.63, 3.8) is 0 Å². The highest BCUT2D eigenvalue weighted by atomic mass is 16.5. The molecule has 108 valence electrons. The lowest BCUT2D eigenvalue weighted by atomic mass is 10.1. The molecule has 2 N–H and O–H groups in total. The third-order valence-corrected chi connectivity index (χ3v) is 2.46. The van der Waals surface area contributed by atoms with E-state index in [1.807, 2.05) is 13.8 Å². The van der Waals surface area contributed by atoms with E-state index < -0.39 is 12.0 Å². The molecule has 0 aliphatic carbocycles. The lowest BCUT2D eigenvalue weighted by Crippen LogP contribution is -2.30. The first-order chi connectivity index (χ1) is 9.54. The van der Waals surface area contributed by atoms with Crippen molar-refractivity contribution in [2.24, 2.45) is 5.11 Å². The minimum absolute atomic E-state index is 0.0677. The van der Waals surface area contributed by atoms with E-state index in [4.69, 9.17) is 10.3 Å².